The summed E-state index contributed by atoms with van der Waals surface area (Å²) in [4.78, 5) is 10.8. The molecule has 100 valence electrons. The summed E-state index contributed by atoms with van der Waals surface area (Å²) in [6.45, 7) is 1.20. The number of carbonyl (C=O) groups is 1. The lowest BCUT2D eigenvalue weighted by Crippen LogP contribution is -2.29. The third-order valence-corrected chi connectivity index (χ3v) is 2.58. The summed E-state index contributed by atoms with van der Waals surface area (Å²) in [6.07, 6.45) is -5.08. The molecule has 0 fully saturated rings. The SMILES string of the molecule is CC(O)(CC(N)=O)c1cc(Cl)cc(C(F)(F)F)c1. The Morgan fingerprint density at radius 2 is 1.83 bits per heavy atom. The fourth-order valence-corrected chi connectivity index (χ4v) is 1.74. The lowest BCUT2D eigenvalue weighted by Gasteiger charge is -2.23. The quantitative estimate of drug-likeness (QED) is 0.894. The molecule has 0 aromatic heterocycles. The standard InChI is InChI=1S/C11H11ClF3NO2/c1-10(18,5-9(16)17)6-2-7(11(13,14)15)4-8(12)3-6/h2-4,18H,5H2,1H3,(H2,16,17). The van der Waals surface area contributed by atoms with E-state index in [2.05, 4.69) is 0 Å². The summed E-state index contributed by atoms with van der Waals surface area (Å²) in [5, 5.41) is 9.77. The Hall–Kier alpha value is -1.27. The minimum absolute atomic E-state index is 0.110. The van der Waals surface area contributed by atoms with Crippen LogP contribution in [0.25, 0.3) is 0 Å². The van der Waals surface area contributed by atoms with Crippen molar-refractivity contribution >= 4 is 17.5 Å². The zero-order valence-electron chi connectivity index (χ0n) is 9.38. The molecule has 3 N–H and O–H groups in total. The van der Waals surface area contributed by atoms with Crippen molar-refractivity contribution in [3.8, 4) is 0 Å². The van der Waals surface area contributed by atoms with Gasteiger partial charge in [0, 0.05) is 5.02 Å². The number of primary amides is 1. The van der Waals surface area contributed by atoms with Crippen LogP contribution in [0, 0.1) is 0 Å². The zero-order valence-corrected chi connectivity index (χ0v) is 10.1. The number of hydrogen-bond acceptors (Lipinski definition) is 2. The van der Waals surface area contributed by atoms with Gasteiger partial charge in [0.05, 0.1) is 17.6 Å². The van der Waals surface area contributed by atoms with Crippen LogP contribution < -0.4 is 5.73 Å². The second kappa shape index (κ2) is 4.78. The van der Waals surface area contributed by atoms with Crippen molar-refractivity contribution in [2.45, 2.75) is 25.1 Å². The predicted molar refractivity (Wildman–Crippen MR) is 59.8 cm³/mol. The summed E-state index contributed by atoms with van der Waals surface area (Å²) >= 11 is 5.57. The van der Waals surface area contributed by atoms with Crippen LogP contribution in [0.15, 0.2) is 18.2 Å². The molecule has 1 aromatic rings. The summed E-state index contributed by atoms with van der Waals surface area (Å²) in [5.41, 5.74) is 2.03. The highest BCUT2D eigenvalue weighted by Crippen LogP contribution is 2.35. The van der Waals surface area contributed by atoms with Gasteiger partial charge in [-0.2, -0.15) is 13.2 Å². The number of rotatable bonds is 3. The first kappa shape index (κ1) is 14.8. The average molecular weight is 282 g/mol. The van der Waals surface area contributed by atoms with E-state index in [0.29, 0.717) is 0 Å². The lowest BCUT2D eigenvalue weighted by atomic mass is 9.91. The van der Waals surface area contributed by atoms with Crippen molar-refractivity contribution in [2.75, 3.05) is 0 Å². The van der Waals surface area contributed by atoms with Gasteiger partial charge in [0.25, 0.3) is 0 Å². The molecule has 0 aliphatic heterocycles. The van der Waals surface area contributed by atoms with Crippen molar-refractivity contribution in [3.63, 3.8) is 0 Å². The molecule has 0 saturated carbocycles. The van der Waals surface area contributed by atoms with Crippen molar-refractivity contribution in [1.29, 1.82) is 0 Å². The lowest BCUT2D eigenvalue weighted by molar-refractivity contribution is -0.137. The van der Waals surface area contributed by atoms with Gasteiger partial charge in [-0.3, -0.25) is 4.79 Å². The van der Waals surface area contributed by atoms with Gasteiger partial charge in [0.15, 0.2) is 0 Å². The molecule has 0 bridgehead atoms. The van der Waals surface area contributed by atoms with Gasteiger partial charge in [-0.1, -0.05) is 11.6 Å². The van der Waals surface area contributed by atoms with Gasteiger partial charge >= 0.3 is 6.18 Å². The molecule has 0 spiro atoms. The molecule has 1 aromatic carbocycles. The van der Waals surface area contributed by atoms with Crippen LogP contribution >= 0.6 is 11.6 Å². The highest BCUT2D eigenvalue weighted by molar-refractivity contribution is 6.30. The summed E-state index contributed by atoms with van der Waals surface area (Å²) in [5.74, 6) is -0.825. The minimum Gasteiger partial charge on any atom is -0.385 e. The molecular weight excluding hydrogens is 271 g/mol. The van der Waals surface area contributed by atoms with E-state index in [1.54, 1.807) is 0 Å². The van der Waals surface area contributed by atoms with Crippen molar-refractivity contribution < 1.29 is 23.1 Å². The number of amides is 1. The maximum atomic E-state index is 12.6. The summed E-state index contributed by atoms with van der Waals surface area (Å²) in [6, 6.07) is 2.65. The van der Waals surface area contributed by atoms with E-state index < -0.39 is 29.7 Å². The third kappa shape index (κ3) is 3.61. The highest BCUT2D eigenvalue weighted by Gasteiger charge is 2.34. The second-order valence-electron chi connectivity index (χ2n) is 4.14. The van der Waals surface area contributed by atoms with Gasteiger partial charge in [-0.25, -0.2) is 0 Å². The smallest absolute Gasteiger partial charge is 0.385 e. The number of carbonyl (C=O) groups excluding carboxylic acids is 1. The molecule has 3 nitrogen and oxygen atoms in total. The number of hydrogen-bond donors (Lipinski definition) is 2. The fraction of sp³-hybridized carbons (Fsp3) is 0.364. The topological polar surface area (TPSA) is 63.3 Å². The van der Waals surface area contributed by atoms with Gasteiger partial charge in [0.2, 0.25) is 5.91 Å². The van der Waals surface area contributed by atoms with Crippen LogP contribution in [0.2, 0.25) is 5.02 Å². The van der Waals surface area contributed by atoms with Crippen LogP contribution in [-0.4, -0.2) is 11.0 Å². The molecule has 0 aliphatic rings. The maximum Gasteiger partial charge on any atom is 0.416 e. The molecular formula is C11H11ClF3NO2. The normalized spacial score (nSPS) is 15.2. The summed E-state index contributed by atoms with van der Waals surface area (Å²) in [7, 11) is 0. The third-order valence-electron chi connectivity index (χ3n) is 2.37. The molecule has 1 rings (SSSR count). The maximum absolute atomic E-state index is 12.6. The predicted octanol–water partition coefficient (Wildman–Crippen LogP) is 2.44. The number of alkyl halides is 3. The first-order valence-corrected chi connectivity index (χ1v) is 5.29. The van der Waals surface area contributed by atoms with Crippen molar-refractivity contribution in [3.05, 3.63) is 34.3 Å². The Bertz CT molecular complexity index is 472. The largest absolute Gasteiger partial charge is 0.416 e. The zero-order chi connectivity index (χ0) is 14.1. The van der Waals surface area contributed by atoms with E-state index in [-0.39, 0.29) is 10.6 Å². The Kier molecular flexibility index (Phi) is 3.92. The second-order valence-corrected chi connectivity index (χ2v) is 4.58. The van der Waals surface area contributed by atoms with Crippen LogP contribution in [-0.2, 0) is 16.6 Å². The first-order chi connectivity index (χ1) is 8.02. The first-order valence-electron chi connectivity index (χ1n) is 4.91. The van der Waals surface area contributed by atoms with E-state index in [1.165, 1.54) is 13.0 Å². The molecule has 0 aliphatic carbocycles. The Morgan fingerprint density at radius 1 is 1.33 bits per heavy atom. The van der Waals surface area contributed by atoms with E-state index in [9.17, 15) is 23.1 Å². The van der Waals surface area contributed by atoms with Crippen LogP contribution in [0.3, 0.4) is 0 Å². The van der Waals surface area contributed by atoms with E-state index in [4.69, 9.17) is 17.3 Å². The molecule has 1 amide bonds. The Balaban J connectivity index is 3.25. The molecule has 1 atom stereocenters. The monoisotopic (exact) mass is 281 g/mol. The number of benzene rings is 1. The minimum atomic E-state index is -4.58. The molecule has 7 heteroatoms. The molecule has 0 heterocycles. The number of nitrogens with two attached hydrogens (primary N) is 1. The molecule has 0 saturated heterocycles. The van der Waals surface area contributed by atoms with Gasteiger partial charge in [-0.15, -0.1) is 0 Å². The van der Waals surface area contributed by atoms with Crippen LogP contribution in [0.4, 0.5) is 13.2 Å². The van der Waals surface area contributed by atoms with Crippen LogP contribution in [0.1, 0.15) is 24.5 Å². The fourth-order valence-electron chi connectivity index (χ4n) is 1.51. The van der Waals surface area contributed by atoms with Gasteiger partial charge in [0.1, 0.15) is 0 Å². The average Bonchev–Trinajstić information content (AvgIpc) is 2.13. The Labute approximate surface area is 106 Å². The van der Waals surface area contributed by atoms with E-state index in [0.717, 1.165) is 12.1 Å². The number of aliphatic hydroxyl groups is 1. The Morgan fingerprint density at radius 3 is 2.28 bits per heavy atom. The molecule has 0 radical (unpaired) electrons. The van der Waals surface area contributed by atoms with Crippen LogP contribution in [0.5, 0.6) is 0 Å². The highest BCUT2D eigenvalue weighted by atomic mass is 35.5. The number of halogens is 4. The van der Waals surface area contributed by atoms with Gasteiger partial charge < -0.3 is 10.8 Å². The van der Waals surface area contributed by atoms with Crippen molar-refractivity contribution in [1.82, 2.24) is 0 Å². The van der Waals surface area contributed by atoms with Gasteiger partial charge in [-0.05, 0) is 30.7 Å². The molecule has 18 heavy (non-hydrogen) atoms. The van der Waals surface area contributed by atoms with Crippen molar-refractivity contribution in [2.24, 2.45) is 5.73 Å². The van der Waals surface area contributed by atoms with E-state index >= 15 is 0 Å². The molecule has 1 unspecified atom stereocenters. The summed E-state index contributed by atoms with van der Waals surface area (Å²) < 4.78 is 37.7. The van der Waals surface area contributed by atoms with E-state index in [1.807, 2.05) is 0 Å².